The van der Waals surface area contributed by atoms with Gasteiger partial charge in [-0.15, -0.1) is 0 Å². The molecule has 0 unspecified atom stereocenters. The number of rotatable bonds is 1. The Bertz CT molecular complexity index is 1100. The minimum absolute atomic E-state index is 0. The molecule has 5 rings (SSSR count). The van der Waals surface area contributed by atoms with Crippen molar-refractivity contribution in [3.63, 3.8) is 0 Å². The first kappa shape index (κ1) is 17.8. The fraction of sp³-hybridized carbons (Fsp3) is 0.0909. The molecule has 5 aliphatic heterocycles. The fourth-order valence-corrected chi connectivity index (χ4v) is 3.24. The van der Waals surface area contributed by atoms with E-state index in [0.717, 1.165) is 52.1 Å². The van der Waals surface area contributed by atoms with E-state index in [2.05, 4.69) is 28.0 Å². The summed E-state index contributed by atoms with van der Waals surface area (Å²) in [7, 11) is 0. The van der Waals surface area contributed by atoms with Crippen LogP contribution in [0.25, 0.3) is 0 Å². The van der Waals surface area contributed by atoms with Crippen LogP contribution in [0.1, 0.15) is 16.2 Å². The molecule has 4 nitrogen and oxygen atoms in total. The molecule has 0 atom stereocenters. The van der Waals surface area contributed by atoms with Crippen LogP contribution in [0.4, 0.5) is 0 Å². The average Bonchev–Trinajstić information content (AvgIpc) is 3.39. The Kier molecular flexibility index (Phi) is 4.72. The molecule has 0 radical (unpaired) electrons. The van der Waals surface area contributed by atoms with Crippen LogP contribution in [0.2, 0.25) is 0 Å². The van der Waals surface area contributed by atoms with E-state index in [0.29, 0.717) is 0 Å². The molecule has 0 aliphatic carbocycles. The predicted molar refractivity (Wildman–Crippen MR) is 116 cm³/mol. The first-order chi connectivity index (χ1) is 12.7. The van der Waals surface area contributed by atoms with Crippen molar-refractivity contribution in [1.82, 2.24) is 0 Å². The third-order valence-corrected chi connectivity index (χ3v) is 4.50. The summed E-state index contributed by atoms with van der Waals surface area (Å²) in [5.74, 6) is 0. The van der Waals surface area contributed by atoms with Crippen molar-refractivity contribution in [2.24, 2.45) is 20.0 Å². The Balaban J connectivity index is 0.000001000. The van der Waals surface area contributed by atoms with Gasteiger partial charge in [-0.1, -0.05) is 6.92 Å². The Labute approximate surface area is 177 Å². The summed E-state index contributed by atoms with van der Waals surface area (Å²) in [4.78, 5) is 18.7. The standard InChI is InChI=1S/C22H16N4.Mg.2H/c1-2-14-9-21-12-19-6-5-17(24-19)10-15-3-4-16(23-15)11-18-7-8-20(25-18)13-22(14)26-21;;;/h3-13H,2H2,1H3;;;/q;+2;2*-1. The van der Waals surface area contributed by atoms with Crippen LogP contribution >= 0.6 is 0 Å². The minimum atomic E-state index is 0. The number of aliphatic imine (C=N–C) groups is 4. The van der Waals surface area contributed by atoms with Gasteiger partial charge in [0.2, 0.25) is 0 Å². The van der Waals surface area contributed by atoms with Crippen LogP contribution in [0.5, 0.6) is 0 Å². The Morgan fingerprint density at radius 3 is 1.59 bits per heavy atom. The van der Waals surface area contributed by atoms with E-state index in [1.165, 1.54) is 5.57 Å². The summed E-state index contributed by atoms with van der Waals surface area (Å²) in [5, 5.41) is 0. The molecule has 27 heavy (non-hydrogen) atoms. The van der Waals surface area contributed by atoms with Crippen LogP contribution in [-0.2, 0) is 0 Å². The maximum Gasteiger partial charge on any atom is 2.00 e. The molecular formula is C22H18MgN4. The van der Waals surface area contributed by atoms with Crippen LogP contribution in [0.3, 0.4) is 0 Å². The number of hydrogen-bond acceptors (Lipinski definition) is 4. The molecule has 0 aromatic heterocycles. The van der Waals surface area contributed by atoms with Gasteiger partial charge in [-0.25, -0.2) is 20.0 Å². The number of hydrogen-bond donors (Lipinski definition) is 0. The van der Waals surface area contributed by atoms with Gasteiger partial charge in [-0.3, -0.25) is 0 Å². The van der Waals surface area contributed by atoms with E-state index in [1.807, 2.05) is 60.8 Å². The average molecular weight is 363 g/mol. The van der Waals surface area contributed by atoms with Crippen LogP contribution in [-0.4, -0.2) is 45.9 Å². The van der Waals surface area contributed by atoms with Gasteiger partial charge in [-0.2, -0.15) is 0 Å². The summed E-state index contributed by atoms with van der Waals surface area (Å²) in [6.07, 6.45) is 23.1. The summed E-state index contributed by atoms with van der Waals surface area (Å²) < 4.78 is 0. The van der Waals surface area contributed by atoms with Gasteiger partial charge in [0.25, 0.3) is 0 Å². The summed E-state index contributed by atoms with van der Waals surface area (Å²) in [5.41, 5.74) is 8.53. The molecule has 5 aliphatic rings. The van der Waals surface area contributed by atoms with Crippen molar-refractivity contribution in [1.29, 1.82) is 0 Å². The van der Waals surface area contributed by atoms with E-state index in [-0.39, 0.29) is 25.9 Å². The molecule has 0 saturated heterocycles. The zero-order valence-electron chi connectivity index (χ0n) is 17.1. The van der Waals surface area contributed by atoms with Crippen molar-refractivity contribution in [2.75, 3.05) is 0 Å². The van der Waals surface area contributed by atoms with E-state index in [9.17, 15) is 0 Å². The minimum Gasteiger partial charge on any atom is -1.00 e. The summed E-state index contributed by atoms with van der Waals surface area (Å²) >= 11 is 0. The largest absolute Gasteiger partial charge is 2.00 e. The smallest absolute Gasteiger partial charge is 1.00 e. The predicted octanol–water partition coefficient (Wildman–Crippen LogP) is 4.20. The molecule has 5 heterocycles. The second-order valence-electron chi connectivity index (χ2n) is 6.41. The van der Waals surface area contributed by atoms with Crippen LogP contribution < -0.4 is 0 Å². The van der Waals surface area contributed by atoms with Crippen molar-refractivity contribution in [3.05, 3.63) is 95.2 Å². The third kappa shape index (κ3) is 3.61. The van der Waals surface area contributed by atoms with Crippen LogP contribution in [0.15, 0.2) is 115 Å². The topological polar surface area (TPSA) is 49.4 Å². The van der Waals surface area contributed by atoms with Crippen molar-refractivity contribution < 1.29 is 2.85 Å². The van der Waals surface area contributed by atoms with Gasteiger partial charge in [0.1, 0.15) is 0 Å². The zero-order valence-corrected chi connectivity index (χ0v) is 16.5. The van der Waals surface area contributed by atoms with Gasteiger partial charge in [0.15, 0.2) is 0 Å². The van der Waals surface area contributed by atoms with Gasteiger partial charge < -0.3 is 2.85 Å². The number of allylic oxidation sites excluding steroid dienone is 12. The molecule has 0 aromatic carbocycles. The number of nitrogens with zero attached hydrogens (tertiary/aromatic N) is 4. The third-order valence-electron chi connectivity index (χ3n) is 4.50. The first-order valence-electron chi connectivity index (χ1n) is 8.72. The van der Waals surface area contributed by atoms with E-state index >= 15 is 0 Å². The Hall–Kier alpha value is -2.63. The number of fused-ring (bicyclic) bond motifs is 4. The molecule has 0 aromatic rings. The van der Waals surface area contributed by atoms with E-state index in [4.69, 9.17) is 4.99 Å². The van der Waals surface area contributed by atoms with Crippen molar-refractivity contribution >= 4 is 45.9 Å². The first-order valence-corrected chi connectivity index (χ1v) is 8.72. The molecule has 0 fully saturated rings. The monoisotopic (exact) mass is 362 g/mol. The molecule has 0 amide bonds. The maximum absolute atomic E-state index is 4.77. The van der Waals surface area contributed by atoms with E-state index < -0.39 is 0 Å². The molecule has 128 valence electrons. The summed E-state index contributed by atoms with van der Waals surface area (Å²) in [6, 6.07) is 0. The van der Waals surface area contributed by atoms with E-state index in [1.54, 1.807) is 0 Å². The molecular weight excluding hydrogens is 345 g/mol. The van der Waals surface area contributed by atoms with Crippen molar-refractivity contribution in [3.8, 4) is 0 Å². The second kappa shape index (κ2) is 7.17. The fourth-order valence-electron chi connectivity index (χ4n) is 3.24. The van der Waals surface area contributed by atoms with Gasteiger partial charge in [0.05, 0.1) is 45.6 Å². The molecule has 0 saturated carbocycles. The van der Waals surface area contributed by atoms with Gasteiger partial charge in [0, 0.05) is 0 Å². The van der Waals surface area contributed by atoms with Gasteiger partial charge >= 0.3 is 23.1 Å². The zero-order chi connectivity index (χ0) is 17.5. The summed E-state index contributed by atoms with van der Waals surface area (Å²) in [6.45, 7) is 2.14. The van der Waals surface area contributed by atoms with Gasteiger partial charge in [-0.05, 0) is 78.8 Å². The Morgan fingerprint density at radius 2 is 1.07 bits per heavy atom. The van der Waals surface area contributed by atoms with Crippen molar-refractivity contribution in [2.45, 2.75) is 13.3 Å². The second-order valence-corrected chi connectivity index (χ2v) is 6.41. The maximum atomic E-state index is 4.77. The quantitative estimate of drug-likeness (QED) is 0.628. The molecule has 5 heteroatoms. The molecule has 8 bridgehead atoms. The Morgan fingerprint density at radius 1 is 0.593 bits per heavy atom. The molecule has 0 spiro atoms. The van der Waals surface area contributed by atoms with Crippen LogP contribution in [0, 0.1) is 0 Å². The normalized spacial score (nSPS) is 21.4. The SMILES string of the molecule is CCC1=CC2=NC1=CC1=NC(=CC3=NC(=CC4=NC(=C2)C=C4)C=C3)C=C1.[H-].[H-].[Mg+2]. The molecule has 0 N–H and O–H groups in total.